The molecule has 2 heterocycles. The molecule has 59 heavy (non-hydrogen) atoms. The van der Waals surface area contributed by atoms with Crippen LogP contribution in [-0.2, 0) is 12.4 Å². The van der Waals surface area contributed by atoms with E-state index in [9.17, 15) is 26.3 Å². The van der Waals surface area contributed by atoms with Crippen molar-refractivity contribution in [1.29, 1.82) is 0 Å². The lowest BCUT2D eigenvalue weighted by molar-refractivity contribution is -0.143. The smallest absolute Gasteiger partial charge is 0.309 e. The van der Waals surface area contributed by atoms with E-state index >= 15 is 0 Å². The Hall–Kier alpha value is -7.07. The number of alkyl halides is 6. The third-order valence-corrected chi connectivity index (χ3v) is 10.3. The first-order chi connectivity index (χ1) is 28.3. The third kappa shape index (κ3) is 7.22. The van der Waals surface area contributed by atoms with Crippen LogP contribution in [0.2, 0.25) is 0 Å². The number of fused-ring (bicyclic) bond motifs is 3. The zero-order valence-corrected chi connectivity index (χ0v) is 31.6. The number of aromatic nitrogens is 4. The molecular formula is C49H32F6N4. The number of benzene rings is 7. The van der Waals surface area contributed by atoms with Crippen molar-refractivity contribution in [3.8, 4) is 62.1 Å². The lowest BCUT2D eigenvalue weighted by Gasteiger charge is -2.18. The van der Waals surface area contributed by atoms with Gasteiger partial charge in [-0.25, -0.2) is 15.0 Å². The summed E-state index contributed by atoms with van der Waals surface area (Å²) in [6.45, 7) is 4.12. The molecule has 0 spiro atoms. The highest BCUT2D eigenvalue weighted by molar-refractivity contribution is 6.10. The summed E-state index contributed by atoms with van der Waals surface area (Å²) in [4.78, 5) is 14.5. The van der Waals surface area contributed by atoms with Gasteiger partial charge in [-0.2, -0.15) is 26.3 Å². The molecule has 10 heteroatoms. The van der Waals surface area contributed by atoms with E-state index in [0.717, 1.165) is 56.2 Å². The molecule has 290 valence electrons. The van der Waals surface area contributed by atoms with Gasteiger partial charge in [0.15, 0.2) is 17.5 Å². The fourth-order valence-electron chi connectivity index (χ4n) is 7.72. The van der Waals surface area contributed by atoms with Crippen LogP contribution in [0.1, 0.15) is 22.3 Å². The van der Waals surface area contributed by atoms with E-state index in [2.05, 4.69) is 38.1 Å². The van der Waals surface area contributed by atoms with Crippen molar-refractivity contribution in [1.82, 2.24) is 19.5 Å². The predicted octanol–water partition coefficient (Wildman–Crippen LogP) is 14.0. The molecule has 0 N–H and O–H groups in total. The van der Waals surface area contributed by atoms with Crippen LogP contribution in [0.5, 0.6) is 0 Å². The highest BCUT2D eigenvalue weighted by Crippen LogP contribution is 2.43. The first-order valence-corrected chi connectivity index (χ1v) is 18.7. The van der Waals surface area contributed by atoms with Gasteiger partial charge in [0.05, 0.1) is 22.2 Å². The molecular weight excluding hydrogens is 759 g/mol. The number of rotatable bonds is 6. The fraction of sp³-hybridized carbons (Fsp3) is 0.0816. The van der Waals surface area contributed by atoms with E-state index < -0.39 is 23.5 Å². The summed E-state index contributed by atoms with van der Waals surface area (Å²) in [5.74, 6) is 0.626. The van der Waals surface area contributed by atoms with Crippen LogP contribution in [0.25, 0.3) is 83.9 Å². The van der Waals surface area contributed by atoms with Gasteiger partial charge in [-0.3, -0.25) is 0 Å². The Labute approximate surface area is 335 Å². The van der Waals surface area contributed by atoms with Gasteiger partial charge < -0.3 is 4.57 Å². The van der Waals surface area contributed by atoms with Crippen molar-refractivity contribution >= 4 is 21.8 Å². The Morgan fingerprint density at radius 3 is 1.53 bits per heavy atom. The standard InChI is InChI=1S/C49H32F6N4/c1-29-21-30(2)23-34(22-29)33-17-20-44-41(26-33)40-15-9-10-16-43(40)59(44)38-18-19-39(35-24-36(48(50,51)52)27-37(25-35)49(53,54)55)42(28-38)47-57-45(31-11-5-3-6-12-31)56-46(58-47)32-13-7-4-8-14-32/h3-28H,1-2H3. The van der Waals surface area contributed by atoms with Crippen molar-refractivity contribution in [2.45, 2.75) is 26.2 Å². The van der Waals surface area contributed by atoms with Crippen molar-refractivity contribution in [2.75, 3.05) is 0 Å². The van der Waals surface area contributed by atoms with Gasteiger partial charge in [-0.15, -0.1) is 0 Å². The molecule has 0 saturated carbocycles. The van der Waals surface area contributed by atoms with Crippen molar-refractivity contribution < 1.29 is 26.3 Å². The van der Waals surface area contributed by atoms with Crippen molar-refractivity contribution in [2.24, 2.45) is 0 Å². The normalized spacial score (nSPS) is 12.1. The summed E-state index contributed by atoms with van der Waals surface area (Å²) in [5.41, 5.74) is 5.11. The minimum Gasteiger partial charge on any atom is -0.309 e. The van der Waals surface area contributed by atoms with Crippen LogP contribution in [0.3, 0.4) is 0 Å². The number of halogens is 6. The maximum atomic E-state index is 14.3. The molecule has 0 aliphatic carbocycles. The summed E-state index contributed by atoms with van der Waals surface area (Å²) in [7, 11) is 0. The molecule has 0 radical (unpaired) electrons. The van der Waals surface area contributed by atoms with Gasteiger partial charge in [-0.1, -0.05) is 120 Å². The Morgan fingerprint density at radius 1 is 0.390 bits per heavy atom. The topological polar surface area (TPSA) is 43.6 Å². The van der Waals surface area contributed by atoms with Gasteiger partial charge in [0.2, 0.25) is 0 Å². The van der Waals surface area contributed by atoms with Crippen LogP contribution in [0.15, 0.2) is 158 Å². The maximum absolute atomic E-state index is 14.3. The number of aryl methyl sites for hydroxylation is 2. The van der Waals surface area contributed by atoms with E-state index in [1.54, 1.807) is 18.2 Å². The lowest BCUT2D eigenvalue weighted by atomic mass is 9.94. The zero-order valence-electron chi connectivity index (χ0n) is 31.6. The highest BCUT2D eigenvalue weighted by atomic mass is 19.4. The van der Waals surface area contributed by atoms with Crippen LogP contribution in [-0.4, -0.2) is 19.5 Å². The Kier molecular flexibility index (Phi) is 9.15. The summed E-state index contributed by atoms with van der Waals surface area (Å²) in [6.07, 6.45) is -10.1. The largest absolute Gasteiger partial charge is 0.416 e. The van der Waals surface area contributed by atoms with E-state index in [1.807, 2.05) is 102 Å². The Morgan fingerprint density at radius 2 is 0.932 bits per heavy atom. The molecule has 0 aliphatic heterocycles. The van der Waals surface area contributed by atoms with Crippen LogP contribution in [0.4, 0.5) is 26.3 Å². The monoisotopic (exact) mass is 790 g/mol. The van der Waals surface area contributed by atoms with Gasteiger partial charge in [0.1, 0.15) is 0 Å². The van der Waals surface area contributed by atoms with Gasteiger partial charge in [-0.05, 0) is 84.6 Å². The number of hydrogen-bond acceptors (Lipinski definition) is 3. The van der Waals surface area contributed by atoms with Gasteiger partial charge >= 0.3 is 12.4 Å². The molecule has 0 unspecified atom stereocenters. The van der Waals surface area contributed by atoms with Crippen LogP contribution in [0, 0.1) is 13.8 Å². The van der Waals surface area contributed by atoms with Crippen molar-refractivity contribution in [3.63, 3.8) is 0 Å². The lowest BCUT2D eigenvalue weighted by Crippen LogP contribution is -2.11. The number of nitrogens with zero attached hydrogens (tertiary/aromatic N) is 4. The van der Waals surface area contributed by atoms with E-state index in [4.69, 9.17) is 15.0 Å². The third-order valence-electron chi connectivity index (χ3n) is 10.3. The molecule has 0 bridgehead atoms. The summed E-state index contributed by atoms with van der Waals surface area (Å²) >= 11 is 0. The molecule has 9 rings (SSSR count). The molecule has 9 aromatic rings. The van der Waals surface area contributed by atoms with Gasteiger partial charge in [0, 0.05) is 33.2 Å². The quantitative estimate of drug-likeness (QED) is 0.158. The molecule has 0 saturated heterocycles. The summed E-state index contributed by atoms with van der Waals surface area (Å²) < 4.78 is 87.7. The average Bonchev–Trinajstić information content (AvgIpc) is 3.56. The van der Waals surface area contributed by atoms with E-state index in [-0.39, 0.29) is 40.2 Å². The second-order valence-electron chi connectivity index (χ2n) is 14.5. The molecule has 0 aliphatic rings. The average molecular weight is 791 g/mol. The number of hydrogen-bond donors (Lipinski definition) is 0. The predicted molar refractivity (Wildman–Crippen MR) is 221 cm³/mol. The summed E-state index contributed by atoms with van der Waals surface area (Å²) in [5, 5.41) is 1.93. The minimum absolute atomic E-state index is 0.0680. The SMILES string of the molecule is Cc1cc(C)cc(-c2ccc3c(c2)c2ccccc2n3-c2ccc(-c3cc(C(F)(F)F)cc(C(F)(F)F)c3)c(-c3nc(-c4ccccc4)nc(-c4ccccc4)n3)c2)c1. The van der Waals surface area contributed by atoms with Crippen molar-refractivity contribution in [3.05, 3.63) is 180 Å². The van der Waals surface area contributed by atoms with Gasteiger partial charge in [0.25, 0.3) is 0 Å². The second kappa shape index (κ2) is 14.4. The highest BCUT2D eigenvalue weighted by Gasteiger charge is 2.37. The number of para-hydroxylation sites is 1. The molecule has 2 aromatic heterocycles. The fourth-order valence-corrected chi connectivity index (χ4v) is 7.72. The Balaban J connectivity index is 1.34. The molecule has 7 aromatic carbocycles. The summed E-state index contributed by atoms with van der Waals surface area (Å²) in [6, 6.07) is 45.3. The molecule has 0 fully saturated rings. The first kappa shape index (κ1) is 37.5. The van der Waals surface area contributed by atoms with E-state index in [0.29, 0.717) is 16.8 Å². The van der Waals surface area contributed by atoms with Crippen LogP contribution < -0.4 is 0 Å². The molecule has 0 atom stereocenters. The van der Waals surface area contributed by atoms with E-state index in [1.165, 1.54) is 0 Å². The zero-order chi connectivity index (χ0) is 41.1. The first-order valence-electron chi connectivity index (χ1n) is 18.7. The molecule has 4 nitrogen and oxygen atoms in total. The minimum atomic E-state index is -5.05. The molecule has 0 amide bonds. The Bertz CT molecular complexity index is 2930. The maximum Gasteiger partial charge on any atom is 0.416 e. The van der Waals surface area contributed by atoms with Crippen LogP contribution >= 0.6 is 0 Å². The second-order valence-corrected chi connectivity index (χ2v) is 14.5.